The fourth-order valence-corrected chi connectivity index (χ4v) is 1.50. The molecule has 1 aromatic heterocycles. The van der Waals surface area contributed by atoms with E-state index in [1.54, 1.807) is 0 Å². The molecule has 0 aromatic carbocycles. The molecule has 0 radical (unpaired) electrons. The number of carbonyl (C=O) groups excluding carboxylic acids is 1. The summed E-state index contributed by atoms with van der Waals surface area (Å²) >= 11 is 0. The number of rotatable bonds is 3. The van der Waals surface area contributed by atoms with Crippen molar-refractivity contribution in [3.8, 4) is 0 Å². The minimum absolute atomic E-state index is 0.0550. The van der Waals surface area contributed by atoms with E-state index in [0.29, 0.717) is 13.0 Å². The third kappa shape index (κ3) is 2.13. The molecule has 3 N–H and O–H groups in total. The Kier molecular flexibility index (Phi) is 2.76. The topological polar surface area (TPSA) is 104 Å². The molecule has 16 heavy (non-hydrogen) atoms. The molecule has 1 saturated heterocycles. The zero-order valence-corrected chi connectivity index (χ0v) is 8.40. The molecule has 7 heteroatoms. The highest BCUT2D eigenvalue weighted by atomic mass is 16.4. The van der Waals surface area contributed by atoms with Gasteiger partial charge >= 0.3 is 5.97 Å². The molecule has 1 aliphatic heterocycles. The van der Waals surface area contributed by atoms with Crippen molar-refractivity contribution < 1.29 is 19.1 Å². The van der Waals surface area contributed by atoms with Crippen LogP contribution >= 0.6 is 0 Å². The minimum Gasteiger partial charge on any atom is -0.476 e. The van der Waals surface area contributed by atoms with Gasteiger partial charge in [-0.2, -0.15) is 4.98 Å². The van der Waals surface area contributed by atoms with Gasteiger partial charge in [0.25, 0.3) is 6.01 Å². The lowest BCUT2D eigenvalue weighted by Crippen LogP contribution is -2.44. The summed E-state index contributed by atoms with van der Waals surface area (Å²) in [5.41, 5.74) is -0.182. The Morgan fingerprint density at radius 3 is 3.12 bits per heavy atom. The van der Waals surface area contributed by atoms with Crippen molar-refractivity contribution in [3.63, 3.8) is 0 Å². The summed E-state index contributed by atoms with van der Waals surface area (Å²) in [6.45, 7) is 0.670. The number of oxazole rings is 1. The van der Waals surface area contributed by atoms with E-state index in [-0.39, 0.29) is 17.6 Å². The lowest BCUT2D eigenvalue weighted by molar-refractivity contribution is -0.123. The highest BCUT2D eigenvalue weighted by molar-refractivity contribution is 5.86. The van der Waals surface area contributed by atoms with Gasteiger partial charge in [-0.15, -0.1) is 0 Å². The number of nitrogens with one attached hydrogen (secondary N) is 2. The smallest absolute Gasteiger partial charge is 0.357 e. The number of piperidine rings is 1. The fourth-order valence-electron chi connectivity index (χ4n) is 1.50. The molecule has 0 spiro atoms. The predicted molar refractivity (Wildman–Crippen MR) is 53.1 cm³/mol. The summed E-state index contributed by atoms with van der Waals surface area (Å²) in [5.74, 6) is -1.29. The first-order valence-corrected chi connectivity index (χ1v) is 4.90. The Labute approximate surface area is 90.8 Å². The fraction of sp³-hybridized carbons (Fsp3) is 0.444. The lowest BCUT2D eigenvalue weighted by Gasteiger charge is -2.21. The Morgan fingerprint density at radius 1 is 1.69 bits per heavy atom. The number of anilines is 1. The van der Waals surface area contributed by atoms with Gasteiger partial charge in [0.05, 0.1) is 0 Å². The average Bonchev–Trinajstić information content (AvgIpc) is 2.70. The predicted octanol–water partition coefficient (Wildman–Crippen LogP) is 0.0633. The summed E-state index contributed by atoms with van der Waals surface area (Å²) < 4.78 is 4.89. The second-order valence-corrected chi connectivity index (χ2v) is 3.47. The maximum atomic E-state index is 11.4. The van der Waals surface area contributed by atoms with Gasteiger partial charge in [0.1, 0.15) is 12.3 Å². The van der Waals surface area contributed by atoms with Crippen molar-refractivity contribution in [1.82, 2.24) is 10.3 Å². The number of carboxylic acids is 1. The summed E-state index contributed by atoms with van der Waals surface area (Å²) in [7, 11) is 0. The van der Waals surface area contributed by atoms with Crippen LogP contribution in [-0.2, 0) is 4.79 Å². The molecule has 86 valence electrons. The Hall–Kier alpha value is -2.05. The normalized spacial score (nSPS) is 20.2. The standard InChI is InChI=1S/C9H11N3O4/c13-7-5(2-1-3-10-7)11-9-12-6(4-16-9)8(14)15/h4-5H,1-3H2,(H,10,13)(H,11,12)(H,14,15). The third-order valence-electron chi connectivity index (χ3n) is 2.31. The van der Waals surface area contributed by atoms with E-state index < -0.39 is 12.0 Å². The molecule has 2 heterocycles. The van der Waals surface area contributed by atoms with Gasteiger partial charge in [0.2, 0.25) is 5.91 Å². The quantitative estimate of drug-likeness (QED) is 0.672. The highest BCUT2D eigenvalue weighted by Gasteiger charge is 2.23. The molecule has 1 atom stereocenters. The minimum atomic E-state index is -1.16. The molecule has 1 fully saturated rings. The van der Waals surface area contributed by atoms with Crippen LogP contribution in [0.5, 0.6) is 0 Å². The zero-order valence-electron chi connectivity index (χ0n) is 8.40. The maximum absolute atomic E-state index is 11.4. The Bertz CT molecular complexity index is 415. The van der Waals surface area contributed by atoms with E-state index in [4.69, 9.17) is 9.52 Å². The number of amides is 1. The summed E-state index contributed by atoms with van der Waals surface area (Å²) in [5, 5.41) is 14.1. The second-order valence-electron chi connectivity index (χ2n) is 3.47. The summed E-state index contributed by atoms with van der Waals surface area (Å²) in [4.78, 5) is 25.6. The van der Waals surface area contributed by atoms with Crippen molar-refractivity contribution in [2.45, 2.75) is 18.9 Å². The van der Waals surface area contributed by atoms with Gasteiger partial charge < -0.3 is 20.2 Å². The number of hydrogen-bond donors (Lipinski definition) is 3. The molecule has 1 aliphatic rings. The first kappa shape index (κ1) is 10.5. The van der Waals surface area contributed by atoms with Crippen LogP contribution in [0.4, 0.5) is 6.01 Å². The van der Waals surface area contributed by atoms with Gasteiger partial charge in [0, 0.05) is 6.54 Å². The van der Waals surface area contributed by atoms with Gasteiger partial charge in [0.15, 0.2) is 5.69 Å². The third-order valence-corrected chi connectivity index (χ3v) is 2.31. The van der Waals surface area contributed by atoms with Crippen LogP contribution in [0.25, 0.3) is 0 Å². The summed E-state index contributed by atoms with van der Waals surface area (Å²) in [6.07, 6.45) is 2.58. The maximum Gasteiger partial charge on any atom is 0.357 e. The van der Waals surface area contributed by atoms with E-state index in [0.717, 1.165) is 12.7 Å². The number of carbonyl (C=O) groups is 2. The van der Waals surface area contributed by atoms with Crippen molar-refractivity contribution in [2.75, 3.05) is 11.9 Å². The molecular weight excluding hydrogens is 214 g/mol. The Balaban J connectivity index is 2.02. The number of nitrogens with zero attached hydrogens (tertiary/aromatic N) is 1. The van der Waals surface area contributed by atoms with E-state index in [1.807, 2.05) is 0 Å². The molecule has 1 amide bonds. The Morgan fingerprint density at radius 2 is 2.50 bits per heavy atom. The van der Waals surface area contributed by atoms with Crippen molar-refractivity contribution in [3.05, 3.63) is 12.0 Å². The SMILES string of the molecule is O=C(O)c1coc(NC2CCCNC2=O)n1. The van der Waals surface area contributed by atoms with Crippen molar-refractivity contribution in [1.29, 1.82) is 0 Å². The largest absolute Gasteiger partial charge is 0.476 e. The van der Waals surface area contributed by atoms with Gasteiger partial charge in [-0.05, 0) is 12.8 Å². The zero-order chi connectivity index (χ0) is 11.5. The first-order chi connectivity index (χ1) is 7.66. The number of carboxylic acid groups (broad SMARTS) is 1. The van der Waals surface area contributed by atoms with Crippen molar-refractivity contribution >= 4 is 17.9 Å². The number of aromatic carboxylic acids is 1. The first-order valence-electron chi connectivity index (χ1n) is 4.90. The van der Waals surface area contributed by atoms with Gasteiger partial charge in [-0.25, -0.2) is 4.79 Å². The van der Waals surface area contributed by atoms with E-state index >= 15 is 0 Å². The summed E-state index contributed by atoms with van der Waals surface area (Å²) in [6, 6.07) is -0.353. The van der Waals surface area contributed by atoms with Crippen molar-refractivity contribution in [2.24, 2.45) is 0 Å². The van der Waals surface area contributed by atoms with Crippen LogP contribution in [0.15, 0.2) is 10.7 Å². The van der Waals surface area contributed by atoms with Crippen LogP contribution in [0.1, 0.15) is 23.3 Å². The monoisotopic (exact) mass is 225 g/mol. The molecule has 0 aliphatic carbocycles. The number of aromatic nitrogens is 1. The van der Waals surface area contributed by atoms with E-state index in [1.165, 1.54) is 0 Å². The van der Waals surface area contributed by atoms with E-state index in [9.17, 15) is 9.59 Å². The molecule has 1 aromatic rings. The average molecular weight is 225 g/mol. The molecule has 0 saturated carbocycles. The molecule has 7 nitrogen and oxygen atoms in total. The van der Waals surface area contributed by atoms with E-state index in [2.05, 4.69) is 15.6 Å². The van der Waals surface area contributed by atoms with Gasteiger partial charge in [-0.1, -0.05) is 0 Å². The van der Waals surface area contributed by atoms with Crippen LogP contribution in [0, 0.1) is 0 Å². The molecule has 0 bridgehead atoms. The second kappa shape index (κ2) is 4.21. The molecular formula is C9H11N3O4. The lowest BCUT2D eigenvalue weighted by atomic mass is 10.1. The molecule has 1 unspecified atom stereocenters. The van der Waals surface area contributed by atoms with Crippen LogP contribution in [0.2, 0.25) is 0 Å². The highest BCUT2D eigenvalue weighted by Crippen LogP contribution is 2.12. The molecule has 2 rings (SSSR count). The van der Waals surface area contributed by atoms with Crippen LogP contribution in [-0.4, -0.2) is 34.6 Å². The van der Waals surface area contributed by atoms with Crippen LogP contribution < -0.4 is 10.6 Å². The van der Waals surface area contributed by atoms with Gasteiger partial charge in [-0.3, -0.25) is 4.79 Å². The van der Waals surface area contributed by atoms with Crippen LogP contribution in [0.3, 0.4) is 0 Å². The number of hydrogen-bond acceptors (Lipinski definition) is 5.